The van der Waals surface area contributed by atoms with Crippen molar-refractivity contribution in [1.29, 1.82) is 0 Å². The van der Waals surface area contributed by atoms with Crippen molar-refractivity contribution >= 4 is 27.5 Å². The minimum atomic E-state index is -0.190. The van der Waals surface area contributed by atoms with E-state index < -0.39 is 0 Å². The quantitative estimate of drug-likeness (QED) is 0.697. The Balaban J connectivity index is 1.40. The SMILES string of the molecule is Cc1c(C(=O)NCc2ccc3c(c2)OCCO3)sc2nc3n(c(=O)c12)CCCCC3. The fourth-order valence-electron chi connectivity index (χ4n) is 4.09. The van der Waals surface area contributed by atoms with Crippen LogP contribution in [0.3, 0.4) is 0 Å². The predicted molar refractivity (Wildman–Crippen MR) is 115 cm³/mol. The Kier molecular flexibility index (Phi) is 4.94. The van der Waals surface area contributed by atoms with Crippen LogP contribution in [0.2, 0.25) is 0 Å². The van der Waals surface area contributed by atoms with Crippen LogP contribution >= 0.6 is 11.3 Å². The minimum absolute atomic E-state index is 0.0171. The van der Waals surface area contributed by atoms with Gasteiger partial charge in [-0.05, 0) is 43.0 Å². The third-order valence-electron chi connectivity index (χ3n) is 5.68. The van der Waals surface area contributed by atoms with Gasteiger partial charge in [-0.3, -0.25) is 14.2 Å². The number of benzene rings is 1. The van der Waals surface area contributed by atoms with E-state index in [2.05, 4.69) is 5.32 Å². The fourth-order valence-corrected chi connectivity index (χ4v) is 5.19. The van der Waals surface area contributed by atoms with Crippen molar-refractivity contribution in [3.8, 4) is 11.5 Å². The molecule has 1 aromatic carbocycles. The molecule has 0 unspecified atom stereocenters. The highest BCUT2D eigenvalue weighted by Gasteiger charge is 2.22. The summed E-state index contributed by atoms with van der Waals surface area (Å²) < 4.78 is 12.9. The molecule has 2 aromatic heterocycles. The molecule has 30 heavy (non-hydrogen) atoms. The summed E-state index contributed by atoms with van der Waals surface area (Å²) in [6.45, 7) is 3.98. The first-order chi connectivity index (χ1) is 14.6. The van der Waals surface area contributed by atoms with Crippen LogP contribution in [0.5, 0.6) is 11.5 Å². The molecule has 5 rings (SSSR count). The summed E-state index contributed by atoms with van der Waals surface area (Å²) in [5.41, 5.74) is 1.62. The molecule has 0 spiro atoms. The van der Waals surface area contributed by atoms with Crippen LogP contribution in [0.4, 0.5) is 0 Å². The van der Waals surface area contributed by atoms with Gasteiger partial charge in [0.2, 0.25) is 0 Å². The van der Waals surface area contributed by atoms with Crippen molar-refractivity contribution in [2.24, 2.45) is 0 Å². The molecule has 156 valence electrons. The number of nitrogens with zero attached hydrogens (tertiary/aromatic N) is 2. The largest absolute Gasteiger partial charge is 0.486 e. The number of fused-ring (bicyclic) bond motifs is 3. The smallest absolute Gasteiger partial charge is 0.262 e. The predicted octanol–water partition coefficient (Wildman–Crippen LogP) is 3.19. The zero-order chi connectivity index (χ0) is 20.7. The van der Waals surface area contributed by atoms with Gasteiger partial charge in [-0.15, -0.1) is 11.3 Å². The van der Waals surface area contributed by atoms with E-state index in [1.807, 2.05) is 25.1 Å². The number of ether oxygens (including phenoxy) is 2. The van der Waals surface area contributed by atoms with Gasteiger partial charge in [-0.1, -0.05) is 12.5 Å². The Morgan fingerprint density at radius 2 is 2.03 bits per heavy atom. The lowest BCUT2D eigenvalue weighted by atomic mass is 10.1. The lowest BCUT2D eigenvalue weighted by molar-refractivity contribution is 0.0954. The summed E-state index contributed by atoms with van der Waals surface area (Å²) in [6, 6.07) is 5.66. The van der Waals surface area contributed by atoms with Gasteiger partial charge in [0.25, 0.3) is 11.5 Å². The van der Waals surface area contributed by atoms with Crippen molar-refractivity contribution in [1.82, 2.24) is 14.9 Å². The van der Waals surface area contributed by atoms with Crippen molar-refractivity contribution < 1.29 is 14.3 Å². The highest BCUT2D eigenvalue weighted by molar-refractivity contribution is 7.20. The molecule has 3 aromatic rings. The number of rotatable bonds is 3. The van der Waals surface area contributed by atoms with Crippen LogP contribution in [-0.4, -0.2) is 28.7 Å². The van der Waals surface area contributed by atoms with Gasteiger partial charge < -0.3 is 14.8 Å². The molecular weight excluding hydrogens is 402 g/mol. The van der Waals surface area contributed by atoms with Gasteiger partial charge in [0.1, 0.15) is 23.9 Å². The third kappa shape index (κ3) is 3.35. The molecule has 0 saturated carbocycles. The minimum Gasteiger partial charge on any atom is -0.486 e. The highest BCUT2D eigenvalue weighted by atomic mass is 32.1. The lowest BCUT2D eigenvalue weighted by Gasteiger charge is -2.18. The summed E-state index contributed by atoms with van der Waals surface area (Å²) in [4.78, 5) is 31.9. The average molecular weight is 426 g/mol. The maximum atomic E-state index is 13.1. The second kappa shape index (κ2) is 7.75. The Labute approximate surface area is 177 Å². The number of hydrogen-bond donors (Lipinski definition) is 1. The van der Waals surface area contributed by atoms with Crippen LogP contribution in [0.1, 0.15) is 45.9 Å². The number of carbonyl (C=O) groups excluding carboxylic acids is 1. The molecule has 8 heteroatoms. The van der Waals surface area contributed by atoms with E-state index >= 15 is 0 Å². The van der Waals surface area contributed by atoms with E-state index in [1.54, 1.807) is 4.57 Å². The number of thiophene rings is 1. The summed E-state index contributed by atoms with van der Waals surface area (Å²) in [5, 5.41) is 3.54. The van der Waals surface area contributed by atoms with Gasteiger partial charge in [-0.2, -0.15) is 0 Å². The van der Waals surface area contributed by atoms with Crippen LogP contribution in [0.15, 0.2) is 23.0 Å². The van der Waals surface area contributed by atoms with Crippen LogP contribution < -0.4 is 20.3 Å². The Morgan fingerprint density at radius 1 is 1.20 bits per heavy atom. The second-order valence-electron chi connectivity index (χ2n) is 7.69. The number of hydrogen-bond acceptors (Lipinski definition) is 6. The number of aryl methyl sites for hydroxylation is 2. The summed E-state index contributed by atoms with van der Waals surface area (Å²) in [6.07, 6.45) is 3.97. The van der Waals surface area contributed by atoms with Gasteiger partial charge >= 0.3 is 0 Å². The Morgan fingerprint density at radius 3 is 2.90 bits per heavy atom. The molecular formula is C22H23N3O4S. The maximum Gasteiger partial charge on any atom is 0.262 e. The monoisotopic (exact) mass is 425 g/mol. The van der Waals surface area contributed by atoms with Crippen LogP contribution in [0, 0.1) is 6.92 Å². The van der Waals surface area contributed by atoms with Crippen molar-refractivity contribution in [3.05, 3.63) is 50.4 Å². The molecule has 0 bridgehead atoms. The second-order valence-corrected chi connectivity index (χ2v) is 8.69. The van der Waals surface area contributed by atoms with Gasteiger partial charge in [0, 0.05) is 19.5 Å². The molecule has 0 atom stereocenters. The summed E-state index contributed by atoms with van der Waals surface area (Å²) >= 11 is 1.30. The maximum absolute atomic E-state index is 13.1. The van der Waals surface area contributed by atoms with Crippen molar-refractivity contribution in [3.63, 3.8) is 0 Å². The number of amides is 1. The highest BCUT2D eigenvalue weighted by Crippen LogP contribution is 2.31. The van der Waals surface area contributed by atoms with Gasteiger partial charge in [0.15, 0.2) is 11.5 Å². The standard InChI is InChI=1S/C22H23N3O4S/c1-13-18-21(24-17-5-3-2-4-8-25(17)22(18)27)30-19(13)20(26)23-12-14-6-7-15-16(11-14)29-10-9-28-15/h6-7,11H,2-5,8-10,12H2,1H3,(H,23,26). The Hall–Kier alpha value is -2.87. The van der Waals surface area contributed by atoms with E-state index in [1.165, 1.54) is 11.3 Å². The van der Waals surface area contributed by atoms with E-state index in [9.17, 15) is 9.59 Å². The molecule has 1 amide bonds. The van der Waals surface area contributed by atoms with E-state index in [-0.39, 0.29) is 11.5 Å². The molecule has 0 radical (unpaired) electrons. The molecule has 2 aliphatic heterocycles. The van der Waals surface area contributed by atoms with Crippen molar-refractivity contribution in [2.75, 3.05) is 13.2 Å². The van der Waals surface area contributed by atoms with Crippen LogP contribution in [0.25, 0.3) is 10.2 Å². The van der Waals surface area contributed by atoms with Gasteiger partial charge in [-0.25, -0.2) is 4.98 Å². The summed E-state index contributed by atoms with van der Waals surface area (Å²) in [7, 11) is 0. The molecule has 1 N–H and O–H groups in total. The van der Waals surface area contributed by atoms with E-state index in [0.717, 1.165) is 42.8 Å². The average Bonchev–Trinajstić information content (AvgIpc) is 2.93. The zero-order valence-corrected chi connectivity index (χ0v) is 17.6. The fraction of sp³-hybridized carbons (Fsp3) is 0.409. The molecule has 0 aliphatic carbocycles. The normalized spacial score (nSPS) is 15.5. The molecule has 4 heterocycles. The zero-order valence-electron chi connectivity index (χ0n) is 16.8. The van der Waals surface area contributed by atoms with E-state index in [4.69, 9.17) is 14.5 Å². The molecule has 0 saturated heterocycles. The molecule has 0 fully saturated rings. The lowest BCUT2D eigenvalue weighted by Crippen LogP contribution is -2.25. The van der Waals surface area contributed by atoms with E-state index in [0.29, 0.717) is 52.7 Å². The topological polar surface area (TPSA) is 82.4 Å². The number of nitrogens with one attached hydrogen (secondary N) is 1. The first kappa shape index (κ1) is 19.1. The number of aromatic nitrogens is 2. The number of carbonyl (C=O) groups is 1. The first-order valence-corrected chi connectivity index (χ1v) is 11.1. The van der Waals surface area contributed by atoms with Crippen molar-refractivity contribution in [2.45, 2.75) is 45.7 Å². The molecule has 2 aliphatic rings. The Bertz CT molecular complexity index is 1200. The van der Waals surface area contributed by atoms with Crippen LogP contribution in [-0.2, 0) is 19.5 Å². The molecule has 7 nitrogen and oxygen atoms in total. The van der Waals surface area contributed by atoms with Gasteiger partial charge in [0.05, 0.1) is 10.3 Å². The summed E-state index contributed by atoms with van der Waals surface area (Å²) in [5.74, 6) is 2.08. The first-order valence-electron chi connectivity index (χ1n) is 10.3. The third-order valence-corrected chi connectivity index (χ3v) is 6.86.